The maximum atomic E-state index is 12.2. The zero-order valence-corrected chi connectivity index (χ0v) is 12.9. The number of nitrogens with one attached hydrogen (secondary N) is 1. The Morgan fingerprint density at radius 3 is 2.60 bits per heavy atom. The van der Waals surface area contributed by atoms with Crippen molar-refractivity contribution in [1.82, 2.24) is 10.2 Å². The van der Waals surface area contributed by atoms with Crippen molar-refractivity contribution in [2.45, 2.75) is 57.5 Å². The second-order valence-corrected chi connectivity index (χ2v) is 5.39. The Morgan fingerprint density at radius 1 is 1.30 bits per heavy atom. The molecular formula is C14H25ClN2O3. The van der Waals surface area contributed by atoms with E-state index in [1.165, 1.54) is 6.42 Å². The van der Waals surface area contributed by atoms with Crippen LogP contribution in [-0.4, -0.2) is 48.6 Å². The zero-order chi connectivity index (χ0) is 13.7. The Morgan fingerprint density at radius 2 is 2.05 bits per heavy atom. The van der Waals surface area contributed by atoms with Crippen molar-refractivity contribution in [2.75, 3.05) is 19.7 Å². The van der Waals surface area contributed by atoms with Crippen LogP contribution in [0.2, 0.25) is 0 Å². The van der Waals surface area contributed by atoms with Crippen LogP contribution in [0.15, 0.2) is 0 Å². The molecule has 0 aromatic heterocycles. The predicted molar refractivity (Wildman–Crippen MR) is 78.9 cm³/mol. The summed E-state index contributed by atoms with van der Waals surface area (Å²) in [5, 5.41) is 3.39. The molecular weight excluding hydrogens is 280 g/mol. The minimum atomic E-state index is -0.290. The number of carbonyl (C=O) groups excluding carboxylic acids is 2. The minimum absolute atomic E-state index is 0. The summed E-state index contributed by atoms with van der Waals surface area (Å²) in [7, 11) is 0. The van der Waals surface area contributed by atoms with Gasteiger partial charge in [0.15, 0.2) is 0 Å². The molecule has 2 aliphatic rings. The van der Waals surface area contributed by atoms with E-state index in [1.54, 1.807) is 11.8 Å². The van der Waals surface area contributed by atoms with Crippen molar-refractivity contribution in [3.63, 3.8) is 0 Å². The number of esters is 1. The summed E-state index contributed by atoms with van der Waals surface area (Å²) < 4.78 is 4.93. The number of rotatable bonds is 7. The summed E-state index contributed by atoms with van der Waals surface area (Å²) in [6, 6.07) is 0.751. The van der Waals surface area contributed by atoms with Gasteiger partial charge in [-0.2, -0.15) is 0 Å². The lowest BCUT2D eigenvalue weighted by molar-refractivity contribution is -0.149. The first kappa shape index (κ1) is 17.2. The average molecular weight is 305 g/mol. The van der Waals surface area contributed by atoms with Gasteiger partial charge in [-0.3, -0.25) is 9.59 Å². The molecule has 1 atom stereocenters. The monoisotopic (exact) mass is 304 g/mol. The number of ether oxygens (including phenoxy) is 1. The van der Waals surface area contributed by atoms with Gasteiger partial charge in [0.1, 0.15) is 6.54 Å². The first-order valence-corrected chi connectivity index (χ1v) is 7.39. The SMILES string of the molecule is CCOC(=O)CN(C(=O)CCC1CCCN1)C1CC1.Cl. The normalized spacial score (nSPS) is 21.1. The summed E-state index contributed by atoms with van der Waals surface area (Å²) in [5.41, 5.74) is 0. The quantitative estimate of drug-likeness (QED) is 0.724. The van der Waals surface area contributed by atoms with E-state index in [0.29, 0.717) is 19.1 Å². The molecule has 1 aliphatic carbocycles. The van der Waals surface area contributed by atoms with Gasteiger partial charge in [-0.15, -0.1) is 12.4 Å². The van der Waals surface area contributed by atoms with E-state index in [0.717, 1.165) is 32.2 Å². The Hall–Kier alpha value is -0.810. The molecule has 6 heteroatoms. The maximum absolute atomic E-state index is 12.2. The molecule has 0 spiro atoms. The second kappa shape index (κ2) is 8.47. The first-order chi connectivity index (χ1) is 9.20. The maximum Gasteiger partial charge on any atom is 0.325 e. The van der Waals surface area contributed by atoms with Crippen LogP contribution in [0.3, 0.4) is 0 Å². The molecule has 0 aromatic rings. The van der Waals surface area contributed by atoms with Crippen LogP contribution in [0, 0.1) is 0 Å². The molecule has 1 aliphatic heterocycles. The number of nitrogens with zero attached hydrogens (tertiary/aromatic N) is 1. The molecule has 2 fully saturated rings. The number of carbonyl (C=O) groups is 2. The lowest BCUT2D eigenvalue weighted by Gasteiger charge is -2.22. The van der Waals surface area contributed by atoms with E-state index in [1.807, 2.05) is 0 Å². The second-order valence-electron chi connectivity index (χ2n) is 5.39. The third-order valence-corrected chi connectivity index (χ3v) is 3.78. The van der Waals surface area contributed by atoms with Crippen LogP contribution >= 0.6 is 12.4 Å². The van der Waals surface area contributed by atoms with Gasteiger partial charge in [0.2, 0.25) is 5.91 Å². The van der Waals surface area contributed by atoms with Crippen LogP contribution < -0.4 is 5.32 Å². The van der Waals surface area contributed by atoms with Gasteiger partial charge in [0.25, 0.3) is 0 Å². The average Bonchev–Trinajstić information content (AvgIpc) is 3.09. The summed E-state index contributed by atoms with van der Waals surface area (Å²) in [6.45, 7) is 3.34. The van der Waals surface area contributed by atoms with Gasteiger partial charge in [0, 0.05) is 18.5 Å². The van der Waals surface area contributed by atoms with Crippen molar-refractivity contribution in [3.8, 4) is 0 Å². The highest BCUT2D eigenvalue weighted by molar-refractivity contribution is 5.85. The molecule has 0 radical (unpaired) electrons. The van der Waals surface area contributed by atoms with E-state index in [-0.39, 0.29) is 36.9 Å². The van der Waals surface area contributed by atoms with Gasteiger partial charge >= 0.3 is 5.97 Å². The van der Waals surface area contributed by atoms with E-state index < -0.39 is 0 Å². The Bertz CT molecular complexity index is 328. The number of hydrogen-bond donors (Lipinski definition) is 1. The molecule has 2 rings (SSSR count). The lowest BCUT2D eigenvalue weighted by atomic mass is 10.1. The zero-order valence-electron chi connectivity index (χ0n) is 12.1. The van der Waals surface area contributed by atoms with E-state index in [4.69, 9.17) is 4.74 Å². The van der Waals surface area contributed by atoms with Gasteiger partial charge in [-0.05, 0) is 45.6 Å². The summed E-state index contributed by atoms with van der Waals surface area (Å²) in [4.78, 5) is 25.4. The molecule has 1 unspecified atom stereocenters. The number of halogens is 1. The van der Waals surface area contributed by atoms with Crippen LogP contribution in [-0.2, 0) is 14.3 Å². The Labute approximate surface area is 126 Å². The van der Waals surface area contributed by atoms with Crippen LogP contribution in [0.25, 0.3) is 0 Å². The standard InChI is InChI=1S/C14H24N2O3.ClH/c1-2-19-14(18)10-16(12-6-7-12)13(17)8-5-11-4-3-9-15-11;/h11-12,15H,2-10H2,1H3;1H. The summed E-state index contributed by atoms with van der Waals surface area (Å²) in [6.07, 6.45) is 5.82. The molecule has 0 bridgehead atoms. The van der Waals surface area contributed by atoms with Crippen LogP contribution in [0.4, 0.5) is 0 Å². The third kappa shape index (κ3) is 5.29. The van der Waals surface area contributed by atoms with E-state index >= 15 is 0 Å². The predicted octanol–water partition coefficient (Wildman–Crippen LogP) is 1.49. The summed E-state index contributed by atoms with van der Waals surface area (Å²) in [5.74, 6) is -0.189. The van der Waals surface area contributed by atoms with Crippen molar-refractivity contribution in [3.05, 3.63) is 0 Å². The van der Waals surface area contributed by atoms with E-state index in [2.05, 4.69) is 5.32 Å². The smallest absolute Gasteiger partial charge is 0.325 e. The summed E-state index contributed by atoms with van der Waals surface area (Å²) >= 11 is 0. The van der Waals surface area contributed by atoms with Crippen LogP contribution in [0.5, 0.6) is 0 Å². The topological polar surface area (TPSA) is 58.6 Å². The first-order valence-electron chi connectivity index (χ1n) is 7.39. The molecule has 1 amide bonds. The Kier molecular flexibility index (Phi) is 7.30. The van der Waals surface area contributed by atoms with Crippen molar-refractivity contribution in [2.24, 2.45) is 0 Å². The highest BCUT2D eigenvalue weighted by Crippen LogP contribution is 2.27. The van der Waals surface area contributed by atoms with Gasteiger partial charge in [-0.1, -0.05) is 0 Å². The molecule has 1 saturated carbocycles. The van der Waals surface area contributed by atoms with Gasteiger partial charge in [-0.25, -0.2) is 0 Å². The molecule has 1 saturated heterocycles. The minimum Gasteiger partial charge on any atom is -0.465 e. The fourth-order valence-electron chi connectivity index (χ4n) is 2.60. The van der Waals surface area contributed by atoms with E-state index in [9.17, 15) is 9.59 Å². The van der Waals surface area contributed by atoms with Gasteiger partial charge in [0.05, 0.1) is 6.61 Å². The van der Waals surface area contributed by atoms with Crippen LogP contribution in [0.1, 0.15) is 45.4 Å². The number of amides is 1. The molecule has 116 valence electrons. The fraction of sp³-hybridized carbons (Fsp3) is 0.857. The highest BCUT2D eigenvalue weighted by Gasteiger charge is 2.34. The number of hydrogen-bond acceptors (Lipinski definition) is 4. The van der Waals surface area contributed by atoms with Gasteiger partial charge < -0.3 is 15.0 Å². The third-order valence-electron chi connectivity index (χ3n) is 3.78. The van der Waals surface area contributed by atoms with Crippen molar-refractivity contribution in [1.29, 1.82) is 0 Å². The van der Waals surface area contributed by atoms with Crippen molar-refractivity contribution < 1.29 is 14.3 Å². The Balaban J connectivity index is 0.00000200. The lowest BCUT2D eigenvalue weighted by Crippen LogP contribution is -2.38. The molecule has 1 N–H and O–H groups in total. The molecule has 5 nitrogen and oxygen atoms in total. The largest absolute Gasteiger partial charge is 0.465 e. The molecule has 0 aromatic carbocycles. The van der Waals surface area contributed by atoms with Crippen molar-refractivity contribution >= 4 is 24.3 Å². The molecule has 1 heterocycles. The fourth-order valence-corrected chi connectivity index (χ4v) is 2.60. The molecule has 20 heavy (non-hydrogen) atoms. The highest BCUT2D eigenvalue weighted by atomic mass is 35.5.